The van der Waals surface area contributed by atoms with Crippen LogP contribution in [0.5, 0.6) is 5.75 Å². The average Bonchev–Trinajstić information content (AvgIpc) is 2.61. The Morgan fingerprint density at radius 1 is 1.08 bits per heavy atom. The van der Waals surface area contributed by atoms with Crippen LogP contribution in [0.15, 0.2) is 30.3 Å². The first kappa shape index (κ1) is 16.6. The van der Waals surface area contributed by atoms with Crippen LogP contribution < -0.4 is 15.4 Å². The molecule has 1 aliphatic rings. The van der Waals surface area contributed by atoms with Crippen molar-refractivity contribution in [2.75, 3.05) is 17.7 Å². The third-order valence-electron chi connectivity index (χ3n) is 4.42. The normalized spacial score (nSPS) is 15.1. The number of anilines is 2. The largest absolute Gasteiger partial charge is 0.497 e. The van der Waals surface area contributed by atoms with Crippen molar-refractivity contribution in [2.45, 2.75) is 51.6 Å². The van der Waals surface area contributed by atoms with Gasteiger partial charge >= 0.3 is 0 Å². The molecule has 0 saturated heterocycles. The minimum absolute atomic E-state index is 0.544. The van der Waals surface area contributed by atoms with E-state index in [4.69, 9.17) is 4.74 Å². The lowest BCUT2D eigenvalue weighted by atomic mass is 9.95. The summed E-state index contributed by atoms with van der Waals surface area (Å²) in [5.74, 6) is 2.46. The number of rotatable bonds is 6. The molecule has 1 aliphatic carbocycles. The van der Waals surface area contributed by atoms with Crippen molar-refractivity contribution in [3.8, 4) is 5.75 Å². The molecule has 0 bridgehead atoms. The van der Waals surface area contributed by atoms with Crippen molar-refractivity contribution in [1.29, 1.82) is 0 Å². The van der Waals surface area contributed by atoms with Crippen LogP contribution >= 0.6 is 0 Å². The van der Waals surface area contributed by atoms with Crippen molar-refractivity contribution in [3.63, 3.8) is 0 Å². The maximum atomic E-state index is 5.18. The van der Waals surface area contributed by atoms with Gasteiger partial charge in [-0.25, -0.2) is 4.98 Å². The van der Waals surface area contributed by atoms with Gasteiger partial charge in [0.05, 0.1) is 7.11 Å². The zero-order valence-corrected chi connectivity index (χ0v) is 14.5. The predicted octanol–water partition coefficient (Wildman–Crippen LogP) is 4.15. The molecule has 1 saturated carbocycles. The van der Waals surface area contributed by atoms with Gasteiger partial charge in [0.1, 0.15) is 11.6 Å². The van der Waals surface area contributed by atoms with Crippen LogP contribution in [0.1, 0.15) is 43.4 Å². The Labute approximate surface area is 143 Å². The van der Waals surface area contributed by atoms with Crippen LogP contribution in [0.2, 0.25) is 0 Å². The fourth-order valence-electron chi connectivity index (χ4n) is 3.10. The maximum absolute atomic E-state index is 5.18. The Kier molecular flexibility index (Phi) is 5.51. The third kappa shape index (κ3) is 4.60. The number of hydrogen-bond acceptors (Lipinski definition) is 5. The summed E-state index contributed by atoms with van der Waals surface area (Å²) in [6.07, 6.45) is 6.44. The van der Waals surface area contributed by atoms with Crippen LogP contribution in [-0.2, 0) is 6.54 Å². The number of benzene rings is 1. The van der Waals surface area contributed by atoms with Gasteiger partial charge in [-0.1, -0.05) is 31.4 Å². The second-order valence-electron chi connectivity index (χ2n) is 6.40. The molecule has 2 aromatic rings. The van der Waals surface area contributed by atoms with Gasteiger partial charge in [-0.2, -0.15) is 4.98 Å². The third-order valence-corrected chi connectivity index (χ3v) is 4.42. The lowest BCUT2D eigenvalue weighted by molar-refractivity contribution is 0.414. The molecule has 1 aromatic carbocycles. The van der Waals surface area contributed by atoms with Crippen LogP contribution in [0.3, 0.4) is 0 Å². The van der Waals surface area contributed by atoms with Crippen LogP contribution in [-0.4, -0.2) is 23.1 Å². The number of methoxy groups -OCH3 is 1. The second-order valence-corrected chi connectivity index (χ2v) is 6.40. The lowest BCUT2D eigenvalue weighted by Crippen LogP contribution is -2.23. The highest BCUT2D eigenvalue weighted by Gasteiger charge is 2.14. The van der Waals surface area contributed by atoms with Gasteiger partial charge < -0.3 is 15.4 Å². The molecule has 24 heavy (non-hydrogen) atoms. The van der Waals surface area contributed by atoms with E-state index in [-0.39, 0.29) is 0 Å². The van der Waals surface area contributed by atoms with Gasteiger partial charge in [-0.15, -0.1) is 0 Å². The van der Waals surface area contributed by atoms with Gasteiger partial charge in [-0.05, 0) is 37.5 Å². The summed E-state index contributed by atoms with van der Waals surface area (Å²) in [6.45, 7) is 2.70. The number of nitrogens with zero attached hydrogens (tertiary/aromatic N) is 2. The highest BCUT2D eigenvalue weighted by Crippen LogP contribution is 2.21. The predicted molar refractivity (Wildman–Crippen MR) is 97.6 cm³/mol. The Morgan fingerprint density at radius 3 is 2.54 bits per heavy atom. The summed E-state index contributed by atoms with van der Waals surface area (Å²) in [7, 11) is 1.68. The first-order valence-corrected chi connectivity index (χ1v) is 8.72. The second kappa shape index (κ2) is 7.99. The Bertz CT molecular complexity index is 651. The standard InChI is InChI=1S/C19H26N4O/c1-14-12-18(22-16-6-4-3-5-7-16)23-19(21-14)20-13-15-8-10-17(24-2)11-9-15/h8-12,16H,3-7,13H2,1-2H3,(H2,20,21,22,23). The minimum Gasteiger partial charge on any atom is -0.497 e. The van der Waals surface area contributed by atoms with Crippen molar-refractivity contribution in [3.05, 3.63) is 41.6 Å². The quantitative estimate of drug-likeness (QED) is 0.835. The van der Waals surface area contributed by atoms with E-state index in [1.165, 1.54) is 37.7 Å². The SMILES string of the molecule is COc1ccc(CNc2nc(C)cc(NC3CCCCC3)n2)cc1. The maximum Gasteiger partial charge on any atom is 0.225 e. The monoisotopic (exact) mass is 326 g/mol. The van der Waals surface area contributed by atoms with E-state index in [1.807, 2.05) is 37.3 Å². The number of hydrogen-bond donors (Lipinski definition) is 2. The van der Waals surface area contributed by atoms with Crippen LogP contribution in [0, 0.1) is 6.92 Å². The molecule has 0 atom stereocenters. The summed E-state index contributed by atoms with van der Waals surface area (Å²) in [5, 5.41) is 6.88. The zero-order valence-electron chi connectivity index (χ0n) is 14.5. The summed E-state index contributed by atoms with van der Waals surface area (Å²) >= 11 is 0. The van der Waals surface area contributed by atoms with E-state index in [0.717, 1.165) is 17.3 Å². The van der Waals surface area contributed by atoms with E-state index in [1.54, 1.807) is 7.11 Å². The van der Waals surface area contributed by atoms with Gasteiger partial charge in [0.2, 0.25) is 5.95 Å². The molecule has 0 radical (unpaired) electrons. The summed E-state index contributed by atoms with van der Waals surface area (Å²) in [4.78, 5) is 9.11. The molecule has 0 aliphatic heterocycles. The van der Waals surface area contributed by atoms with E-state index in [9.17, 15) is 0 Å². The average molecular weight is 326 g/mol. The molecule has 0 spiro atoms. The molecule has 2 N–H and O–H groups in total. The molecular weight excluding hydrogens is 300 g/mol. The minimum atomic E-state index is 0.544. The lowest BCUT2D eigenvalue weighted by Gasteiger charge is -2.23. The summed E-state index contributed by atoms with van der Waals surface area (Å²) in [6, 6.07) is 10.6. The number of nitrogens with one attached hydrogen (secondary N) is 2. The van der Waals surface area contributed by atoms with Gasteiger partial charge in [-0.3, -0.25) is 0 Å². The summed E-state index contributed by atoms with van der Waals surface area (Å²) < 4.78 is 5.18. The number of aryl methyl sites for hydroxylation is 1. The van der Waals surface area contributed by atoms with E-state index >= 15 is 0 Å². The Balaban J connectivity index is 1.62. The smallest absolute Gasteiger partial charge is 0.225 e. The van der Waals surface area contributed by atoms with Crippen molar-refractivity contribution in [2.24, 2.45) is 0 Å². The first-order valence-electron chi connectivity index (χ1n) is 8.72. The van der Waals surface area contributed by atoms with E-state index in [0.29, 0.717) is 18.5 Å². The van der Waals surface area contributed by atoms with Crippen LogP contribution in [0.4, 0.5) is 11.8 Å². The molecule has 1 fully saturated rings. The highest BCUT2D eigenvalue weighted by molar-refractivity contribution is 5.43. The van der Waals surface area contributed by atoms with Crippen molar-refractivity contribution >= 4 is 11.8 Å². The fourth-order valence-corrected chi connectivity index (χ4v) is 3.10. The highest BCUT2D eigenvalue weighted by atomic mass is 16.5. The fraction of sp³-hybridized carbons (Fsp3) is 0.474. The molecular formula is C19H26N4O. The van der Waals surface area contributed by atoms with Crippen molar-refractivity contribution < 1.29 is 4.74 Å². The molecule has 1 aromatic heterocycles. The number of aromatic nitrogens is 2. The first-order chi connectivity index (χ1) is 11.7. The molecule has 0 unspecified atom stereocenters. The zero-order chi connectivity index (χ0) is 16.8. The van der Waals surface area contributed by atoms with E-state index in [2.05, 4.69) is 20.6 Å². The number of ether oxygens (including phenoxy) is 1. The molecule has 1 heterocycles. The van der Waals surface area contributed by atoms with E-state index < -0.39 is 0 Å². The van der Waals surface area contributed by atoms with Gasteiger partial charge in [0.25, 0.3) is 0 Å². The molecule has 128 valence electrons. The Hall–Kier alpha value is -2.30. The van der Waals surface area contributed by atoms with Gasteiger partial charge in [0, 0.05) is 24.3 Å². The van der Waals surface area contributed by atoms with Crippen molar-refractivity contribution in [1.82, 2.24) is 9.97 Å². The summed E-state index contributed by atoms with van der Waals surface area (Å²) in [5.41, 5.74) is 2.14. The molecule has 0 amide bonds. The molecule has 5 heteroatoms. The molecule has 5 nitrogen and oxygen atoms in total. The van der Waals surface area contributed by atoms with Crippen LogP contribution in [0.25, 0.3) is 0 Å². The topological polar surface area (TPSA) is 59.1 Å². The molecule has 3 rings (SSSR count). The Morgan fingerprint density at radius 2 is 1.83 bits per heavy atom. The van der Waals surface area contributed by atoms with Gasteiger partial charge in [0.15, 0.2) is 0 Å².